The molecule has 0 unspecified atom stereocenters. The zero-order valence-corrected chi connectivity index (χ0v) is 14.2. The molecule has 0 heterocycles. The van der Waals surface area contributed by atoms with Crippen molar-refractivity contribution in [2.75, 3.05) is 0 Å². The van der Waals surface area contributed by atoms with Gasteiger partial charge in [-0.05, 0) is 31.9 Å². The first-order valence-corrected chi connectivity index (χ1v) is 8.13. The second-order valence-electron chi connectivity index (χ2n) is 6.76. The summed E-state index contributed by atoms with van der Waals surface area (Å²) in [5.74, 6) is -0.106. The van der Waals surface area contributed by atoms with Crippen molar-refractivity contribution in [3.63, 3.8) is 0 Å². The lowest BCUT2D eigenvalue weighted by molar-refractivity contribution is -0.116. The predicted octanol–water partition coefficient (Wildman–Crippen LogP) is 4.17. The van der Waals surface area contributed by atoms with Crippen LogP contribution in [0.4, 0.5) is 0 Å². The van der Waals surface area contributed by atoms with Crippen LogP contribution in [0.15, 0.2) is 60.7 Å². The Hall–Kier alpha value is -2.68. The minimum atomic E-state index is -0.684. The number of hydrogen-bond acceptors (Lipinski definition) is 2. The molecule has 1 atom stereocenters. The Bertz CT molecular complexity index is 819. The lowest BCUT2D eigenvalue weighted by Crippen LogP contribution is -2.33. The highest BCUT2D eigenvalue weighted by Crippen LogP contribution is 2.36. The van der Waals surface area contributed by atoms with Crippen molar-refractivity contribution in [3.8, 4) is 0 Å². The van der Waals surface area contributed by atoms with Crippen molar-refractivity contribution in [1.82, 2.24) is 5.32 Å². The first-order chi connectivity index (χ1) is 11.4. The van der Waals surface area contributed by atoms with E-state index in [1.54, 1.807) is 12.1 Å². The molecule has 1 aliphatic rings. The molecule has 0 fully saturated rings. The Balaban J connectivity index is 1.93. The third-order valence-electron chi connectivity index (χ3n) is 4.44. The zero-order valence-electron chi connectivity index (χ0n) is 14.2. The van der Waals surface area contributed by atoms with Crippen molar-refractivity contribution in [2.45, 2.75) is 26.8 Å². The molecular formula is C21H21NO2. The summed E-state index contributed by atoms with van der Waals surface area (Å²) in [6.45, 7) is 5.65. The van der Waals surface area contributed by atoms with Gasteiger partial charge in [-0.25, -0.2) is 0 Å². The maximum atomic E-state index is 12.8. The van der Waals surface area contributed by atoms with E-state index >= 15 is 0 Å². The van der Waals surface area contributed by atoms with Gasteiger partial charge in [-0.3, -0.25) is 9.59 Å². The van der Waals surface area contributed by atoms with Gasteiger partial charge in [-0.1, -0.05) is 60.7 Å². The molecule has 3 nitrogen and oxygen atoms in total. The van der Waals surface area contributed by atoms with Crippen LogP contribution in [0.25, 0.3) is 5.57 Å². The van der Waals surface area contributed by atoms with Crippen molar-refractivity contribution in [1.29, 1.82) is 0 Å². The van der Waals surface area contributed by atoms with Gasteiger partial charge in [0.2, 0.25) is 0 Å². The molecule has 0 aromatic heterocycles. The highest BCUT2D eigenvalue weighted by Gasteiger charge is 2.35. The van der Waals surface area contributed by atoms with E-state index in [9.17, 15) is 9.59 Å². The molecule has 122 valence electrons. The van der Waals surface area contributed by atoms with E-state index in [0.29, 0.717) is 16.7 Å². The standard InChI is InChI=1S/C21H21NO2/c1-14(15-9-5-4-6-10-15)22-20(24)18-13-21(2,3)19(23)17-12-8-7-11-16(17)18/h4-14H,1-3H3,(H,22,24)/t14-/m0/s1. The van der Waals surface area contributed by atoms with E-state index < -0.39 is 5.41 Å². The zero-order chi connectivity index (χ0) is 17.3. The number of carbonyl (C=O) groups excluding carboxylic acids is 2. The van der Waals surface area contributed by atoms with E-state index in [0.717, 1.165) is 5.56 Å². The molecule has 3 heteroatoms. The molecule has 2 aromatic carbocycles. The topological polar surface area (TPSA) is 46.2 Å². The Labute approximate surface area is 142 Å². The first kappa shape index (κ1) is 16.2. The SMILES string of the molecule is C[C@H](NC(=O)C1=CC(C)(C)C(=O)c2ccccc21)c1ccccc1. The fourth-order valence-electron chi connectivity index (χ4n) is 3.05. The highest BCUT2D eigenvalue weighted by molar-refractivity contribution is 6.25. The molecule has 0 bridgehead atoms. The van der Waals surface area contributed by atoms with Crippen LogP contribution in [0.5, 0.6) is 0 Å². The van der Waals surface area contributed by atoms with Crippen LogP contribution in [0.1, 0.15) is 48.3 Å². The van der Waals surface area contributed by atoms with E-state index in [1.165, 1.54) is 0 Å². The molecule has 1 amide bonds. The van der Waals surface area contributed by atoms with Gasteiger partial charge >= 0.3 is 0 Å². The first-order valence-electron chi connectivity index (χ1n) is 8.13. The summed E-state index contributed by atoms with van der Waals surface area (Å²) < 4.78 is 0. The molecule has 3 rings (SSSR count). The number of fused-ring (bicyclic) bond motifs is 1. The lowest BCUT2D eigenvalue weighted by Gasteiger charge is -2.28. The minimum Gasteiger partial charge on any atom is -0.346 e. The van der Waals surface area contributed by atoms with Crippen molar-refractivity contribution in [2.24, 2.45) is 5.41 Å². The van der Waals surface area contributed by atoms with Crippen LogP contribution in [0.3, 0.4) is 0 Å². The molecular weight excluding hydrogens is 298 g/mol. The van der Waals surface area contributed by atoms with Crippen LogP contribution in [0.2, 0.25) is 0 Å². The summed E-state index contributed by atoms with van der Waals surface area (Å²) in [5.41, 5.74) is 2.25. The van der Waals surface area contributed by atoms with Crippen LogP contribution in [-0.2, 0) is 4.79 Å². The molecule has 0 aliphatic heterocycles. The maximum Gasteiger partial charge on any atom is 0.252 e. The predicted molar refractivity (Wildman–Crippen MR) is 95.5 cm³/mol. The quantitative estimate of drug-likeness (QED) is 0.923. The van der Waals surface area contributed by atoms with Gasteiger partial charge in [-0.2, -0.15) is 0 Å². The van der Waals surface area contributed by atoms with Crippen LogP contribution < -0.4 is 5.32 Å². The Kier molecular flexibility index (Phi) is 4.10. The van der Waals surface area contributed by atoms with Gasteiger partial charge in [0.15, 0.2) is 5.78 Å². The fourth-order valence-corrected chi connectivity index (χ4v) is 3.05. The van der Waals surface area contributed by atoms with Crippen molar-refractivity contribution < 1.29 is 9.59 Å². The fraction of sp³-hybridized carbons (Fsp3) is 0.238. The van der Waals surface area contributed by atoms with Gasteiger partial charge < -0.3 is 5.32 Å². The number of benzene rings is 2. The number of amides is 1. The van der Waals surface area contributed by atoms with Gasteiger partial charge in [0, 0.05) is 16.6 Å². The Morgan fingerprint density at radius 1 is 0.958 bits per heavy atom. The van der Waals surface area contributed by atoms with Gasteiger partial charge in [0.05, 0.1) is 6.04 Å². The minimum absolute atomic E-state index is 0.0470. The summed E-state index contributed by atoms with van der Waals surface area (Å²) in [4.78, 5) is 25.4. The molecule has 1 aliphatic carbocycles. The molecule has 0 saturated heterocycles. The second kappa shape index (κ2) is 6.08. The van der Waals surface area contributed by atoms with Crippen LogP contribution in [-0.4, -0.2) is 11.7 Å². The number of hydrogen-bond donors (Lipinski definition) is 1. The molecule has 0 spiro atoms. The normalized spacial score (nSPS) is 16.8. The number of allylic oxidation sites excluding steroid dienone is 1. The van der Waals surface area contributed by atoms with Crippen molar-refractivity contribution >= 4 is 17.3 Å². The maximum absolute atomic E-state index is 12.8. The van der Waals surface area contributed by atoms with Gasteiger partial charge in [-0.15, -0.1) is 0 Å². The third-order valence-corrected chi connectivity index (χ3v) is 4.44. The number of Topliss-reactive ketones (excluding diaryl/α,β-unsaturated/α-hetero) is 1. The average molecular weight is 319 g/mol. The Morgan fingerprint density at radius 2 is 1.54 bits per heavy atom. The van der Waals surface area contributed by atoms with E-state index in [-0.39, 0.29) is 17.7 Å². The van der Waals surface area contributed by atoms with E-state index in [2.05, 4.69) is 5.32 Å². The van der Waals surface area contributed by atoms with E-state index in [4.69, 9.17) is 0 Å². The largest absolute Gasteiger partial charge is 0.346 e. The molecule has 0 radical (unpaired) electrons. The Morgan fingerprint density at radius 3 is 2.21 bits per heavy atom. The van der Waals surface area contributed by atoms with Crippen LogP contribution in [0, 0.1) is 5.41 Å². The second-order valence-corrected chi connectivity index (χ2v) is 6.76. The summed E-state index contributed by atoms with van der Waals surface area (Å²) in [5, 5.41) is 3.04. The molecule has 0 saturated carbocycles. The van der Waals surface area contributed by atoms with Gasteiger partial charge in [0.25, 0.3) is 5.91 Å². The monoisotopic (exact) mass is 319 g/mol. The van der Waals surface area contributed by atoms with Crippen molar-refractivity contribution in [3.05, 3.63) is 77.4 Å². The highest BCUT2D eigenvalue weighted by atomic mass is 16.2. The third kappa shape index (κ3) is 2.90. The number of rotatable bonds is 3. The summed E-state index contributed by atoms with van der Waals surface area (Å²) in [6, 6.07) is 17.0. The lowest BCUT2D eigenvalue weighted by atomic mass is 9.75. The smallest absolute Gasteiger partial charge is 0.252 e. The number of ketones is 1. The summed E-state index contributed by atoms with van der Waals surface area (Å²) >= 11 is 0. The molecule has 2 aromatic rings. The number of nitrogens with one attached hydrogen (secondary N) is 1. The van der Waals surface area contributed by atoms with Gasteiger partial charge in [0.1, 0.15) is 0 Å². The number of carbonyl (C=O) groups is 2. The molecule has 1 N–H and O–H groups in total. The van der Waals surface area contributed by atoms with E-state index in [1.807, 2.05) is 69.3 Å². The summed E-state index contributed by atoms with van der Waals surface area (Å²) in [6.07, 6.45) is 1.78. The summed E-state index contributed by atoms with van der Waals surface area (Å²) in [7, 11) is 0. The molecule has 24 heavy (non-hydrogen) atoms. The average Bonchev–Trinajstić information content (AvgIpc) is 2.59. The van der Waals surface area contributed by atoms with Crippen LogP contribution >= 0.6 is 0 Å².